The van der Waals surface area contributed by atoms with E-state index in [9.17, 15) is 0 Å². The van der Waals surface area contributed by atoms with Crippen molar-refractivity contribution in [3.63, 3.8) is 0 Å². The van der Waals surface area contributed by atoms with Gasteiger partial charge in [-0.15, -0.1) is 12.3 Å². The van der Waals surface area contributed by atoms with Gasteiger partial charge in [0.05, 0.1) is 6.10 Å². The summed E-state index contributed by atoms with van der Waals surface area (Å²) in [5.41, 5.74) is 0. The van der Waals surface area contributed by atoms with E-state index in [0.717, 1.165) is 19.4 Å². The van der Waals surface area contributed by atoms with E-state index in [1.165, 1.54) is 12.8 Å². The van der Waals surface area contributed by atoms with E-state index in [2.05, 4.69) is 11.2 Å². The largest absolute Gasteiger partial charge is 0.377 e. The summed E-state index contributed by atoms with van der Waals surface area (Å²) in [7, 11) is 1.94. The molecular formula is C10H17NO. The lowest BCUT2D eigenvalue weighted by molar-refractivity contribution is -0.00489. The smallest absolute Gasteiger partial charge is 0.0737 e. The molecule has 1 heterocycles. The van der Waals surface area contributed by atoms with E-state index in [0.29, 0.717) is 12.1 Å². The lowest BCUT2D eigenvalue weighted by Crippen LogP contribution is -2.40. The first-order valence-corrected chi connectivity index (χ1v) is 4.61. The van der Waals surface area contributed by atoms with Crippen LogP contribution < -0.4 is 5.32 Å². The highest BCUT2D eigenvalue weighted by molar-refractivity contribution is 4.93. The summed E-state index contributed by atoms with van der Waals surface area (Å²) in [6.45, 7) is 0.896. The Morgan fingerprint density at radius 2 is 2.50 bits per heavy atom. The molecule has 1 aliphatic heterocycles. The first kappa shape index (κ1) is 9.57. The summed E-state index contributed by atoms with van der Waals surface area (Å²) in [5.74, 6) is 2.67. The van der Waals surface area contributed by atoms with Crippen LogP contribution in [0.4, 0.5) is 0 Å². The molecule has 1 fully saturated rings. The van der Waals surface area contributed by atoms with E-state index in [1.807, 2.05) is 7.05 Å². The third-order valence-electron chi connectivity index (χ3n) is 2.37. The normalized spacial score (nSPS) is 26.2. The molecule has 12 heavy (non-hydrogen) atoms. The average molecular weight is 167 g/mol. The third-order valence-corrected chi connectivity index (χ3v) is 2.37. The van der Waals surface area contributed by atoms with Gasteiger partial charge in [0, 0.05) is 19.1 Å². The van der Waals surface area contributed by atoms with E-state index in [1.54, 1.807) is 0 Å². The van der Waals surface area contributed by atoms with Crippen LogP contribution in [0.3, 0.4) is 0 Å². The van der Waals surface area contributed by atoms with E-state index >= 15 is 0 Å². The van der Waals surface area contributed by atoms with Gasteiger partial charge in [-0.3, -0.25) is 0 Å². The highest BCUT2D eigenvalue weighted by atomic mass is 16.5. The van der Waals surface area contributed by atoms with Crippen molar-refractivity contribution in [1.29, 1.82) is 0 Å². The zero-order chi connectivity index (χ0) is 8.81. The Labute approximate surface area is 74.7 Å². The van der Waals surface area contributed by atoms with Crippen LogP contribution in [0.5, 0.6) is 0 Å². The van der Waals surface area contributed by atoms with Crippen molar-refractivity contribution in [2.24, 2.45) is 0 Å². The Balaban J connectivity index is 2.36. The molecule has 0 aromatic carbocycles. The van der Waals surface area contributed by atoms with Gasteiger partial charge in [0.2, 0.25) is 0 Å². The van der Waals surface area contributed by atoms with Crippen LogP contribution in [0.25, 0.3) is 0 Å². The summed E-state index contributed by atoms with van der Waals surface area (Å²) in [4.78, 5) is 0. The predicted octanol–water partition coefficient (Wildman–Crippen LogP) is 1.17. The number of likely N-dealkylation sites (N-methyl/N-ethyl adjacent to an activating group) is 1. The molecule has 68 valence electrons. The number of hydrogen-bond donors (Lipinski definition) is 1. The predicted molar refractivity (Wildman–Crippen MR) is 49.9 cm³/mol. The standard InChI is InChI=1S/C10H17NO/c1-3-6-9(11-2)10-7-4-5-8-12-10/h1,9-11H,4-8H2,2H3. The fourth-order valence-corrected chi connectivity index (χ4v) is 1.63. The maximum Gasteiger partial charge on any atom is 0.0737 e. The quantitative estimate of drug-likeness (QED) is 0.637. The molecule has 2 heteroatoms. The molecule has 0 saturated carbocycles. The molecule has 0 spiro atoms. The third kappa shape index (κ3) is 2.51. The Bertz CT molecular complexity index is 156. The summed E-state index contributed by atoms with van der Waals surface area (Å²) in [5, 5.41) is 3.21. The molecule has 0 bridgehead atoms. The number of ether oxygens (including phenoxy) is 1. The molecule has 1 rings (SSSR count). The maximum atomic E-state index is 5.63. The van der Waals surface area contributed by atoms with Crippen molar-refractivity contribution in [2.75, 3.05) is 13.7 Å². The van der Waals surface area contributed by atoms with Crippen LogP contribution in [-0.2, 0) is 4.74 Å². The van der Waals surface area contributed by atoms with E-state index in [4.69, 9.17) is 11.2 Å². The van der Waals surface area contributed by atoms with Gasteiger partial charge >= 0.3 is 0 Å². The minimum Gasteiger partial charge on any atom is -0.377 e. The van der Waals surface area contributed by atoms with Crippen molar-refractivity contribution in [1.82, 2.24) is 5.32 Å². The summed E-state index contributed by atoms with van der Waals surface area (Å²) >= 11 is 0. The molecule has 0 radical (unpaired) electrons. The number of terminal acetylenes is 1. The second-order valence-corrected chi connectivity index (χ2v) is 3.21. The highest BCUT2D eigenvalue weighted by Crippen LogP contribution is 2.16. The lowest BCUT2D eigenvalue weighted by atomic mass is 10.00. The van der Waals surface area contributed by atoms with E-state index in [-0.39, 0.29) is 0 Å². The van der Waals surface area contributed by atoms with Gasteiger partial charge in [-0.05, 0) is 26.3 Å². The minimum absolute atomic E-state index is 0.333. The molecule has 2 unspecified atom stereocenters. The van der Waals surface area contributed by atoms with Gasteiger partial charge in [0.25, 0.3) is 0 Å². The number of nitrogens with one attached hydrogen (secondary N) is 1. The molecule has 1 N–H and O–H groups in total. The number of hydrogen-bond acceptors (Lipinski definition) is 2. The first-order chi connectivity index (χ1) is 5.88. The Morgan fingerprint density at radius 1 is 1.67 bits per heavy atom. The Kier molecular flexibility index (Phi) is 4.13. The van der Waals surface area contributed by atoms with Gasteiger partial charge in [-0.25, -0.2) is 0 Å². The van der Waals surface area contributed by atoms with Crippen LogP contribution in [0.15, 0.2) is 0 Å². The van der Waals surface area contributed by atoms with Gasteiger partial charge < -0.3 is 10.1 Å². The molecule has 0 aliphatic carbocycles. The molecule has 0 amide bonds. The van der Waals surface area contributed by atoms with Gasteiger partial charge in [0.15, 0.2) is 0 Å². The first-order valence-electron chi connectivity index (χ1n) is 4.61. The molecule has 1 aliphatic rings. The van der Waals surface area contributed by atoms with E-state index < -0.39 is 0 Å². The van der Waals surface area contributed by atoms with Crippen LogP contribution in [0.2, 0.25) is 0 Å². The monoisotopic (exact) mass is 167 g/mol. The Hall–Kier alpha value is -0.520. The molecule has 0 aromatic rings. The fraction of sp³-hybridized carbons (Fsp3) is 0.800. The van der Waals surface area contributed by atoms with Crippen molar-refractivity contribution in [3.8, 4) is 12.3 Å². The highest BCUT2D eigenvalue weighted by Gasteiger charge is 2.21. The van der Waals surface area contributed by atoms with Crippen LogP contribution in [0.1, 0.15) is 25.7 Å². The Morgan fingerprint density at radius 3 is 3.00 bits per heavy atom. The van der Waals surface area contributed by atoms with Gasteiger partial charge in [0.1, 0.15) is 0 Å². The summed E-state index contributed by atoms with van der Waals surface area (Å²) in [6.07, 6.45) is 9.98. The van der Waals surface area contributed by atoms with Gasteiger partial charge in [-0.2, -0.15) is 0 Å². The molecular weight excluding hydrogens is 150 g/mol. The molecule has 1 saturated heterocycles. The lowest BCUT2D eigenvalue weighted by Gasteiger charge is -2.29. The van der Waals surface area contributed by atoms with Gasteiger partial charge in [-0.1, -0.05) is 0 Å². The summed E-state index contributed by atoms with van der Waals surface area (Å²) < 4.78 is 5.63. The number of rotatable bonds is 3. The van der Waals surface area contributed by atoms with Crippen LogP contribution in [-0.4, -0.2) is 25.8 Å². The van der Waals surface area contributed by atoms with Crippen molar-refractivity contribution in [2.45, 2.75) is 37.8 Å². The average Bonchev–Trinajstić information content (AvgIpc) is 2.15. The maximum absolute atomic E-state index is 5.63. The second-order valence-electron chi connectivity index (χ2n) is 3.21. The van der Waals surface area contributed by atoms with Crippen molar-refractivity contribution < 1.29 is 4.74 Å². The molecule has 0 aromatic heterocycles. The topological polar surface area (TPSA) is 21.3 Å². The molecule has 2 atom stereocenters. The molecule has 2 nitrogen and oxygen atoms in total. The van der Waals surface area contributed by atoms with Crippen LogP contribution in [0, 0.1) is 12.3 Å². The summed E-state index contributed by atoms with van der Waals surface area (Å²) in [6, 6.07) is 0.343. The zero-order valence-electron chi connectivity index (χ0n) is 7.68. The minimum atomic E-state index is 0.333. The van der Waals surface area contributed by atoms with Crippen molar-refractivity contribution >= 4 is 0 Å². The second kappa shape index (κ2) is 5.18. The zero-order valence-corrected chi connectivity index (χ0v) is 7.68. The van der Waals surface area contributed by atoms with Crippen LogP contribution >= 0.6 is 0 Å². The fourth-order valence-electron chi connectivity index (χ4n) is 1.63. The SMILES string of the molecule is C#CCC(NC)C1CCCCO1. The van der Waals surface area contributed by atoms with Crippen molar-refractivity contribution in [3.05, 3.63) is 0 Å².